The van der Waals surface area contributed by atoms with Gasteiger partial charge in [-0.2, -0.15) is 13.8 Å². The van der Waals surface area contributed by atoms with E-state index in [1.165, 1.54) is 19.1 Å². The standard InChI is InChI=1S/C15H8F4N2O/c1-8(22)20-10-4-2-3-9(7-10)5-6-11-12(16)14(18)21-15(19)13(11)17/h2-4,7H,1H3,(H,20,22). The normalized spacial score (nSPS) is 9.86. The molecule has 3 nitrogen and oxygen atoms in total. The average molecular weight is 308 g/mol. The lowest BCUT2D eigenvalue weighted by atomic mass is 10.1. The Morgan fingerprint density at radius 1 is 1.09 bits per heavy atom. The second kappa shape index (κ2) is 6.26. The van der Waals surface area contributed by atoms with E-state index in [4.69, 9.17) is 0 Å². The summed E-state index contributed by atoms with van der Waals surface area (Å²) in [6.45, 7) is 1.31. The summed E-state index contributed by atoms with van der Waals surface area (Å²) in [5.41, 5.74) is -0.329. The second-order valence-electron chi connectivity index (χ2n) is 4.21. The summed E-state index contributed by atoms with van der Waals surface area (Å²) in [6.07, 6.45) is 0. The van der Waals surface area contributed by atoms with Crippen LogP contribution >= 0.6 is 0 Å². The van der Waals surface area contributed by atoms with Gasteiger partial charge < -0.3 is 5.32 Å². The maximum absolute atomic E-state index is 13.4. The van der Waals surface area contributed by atoms with Crippen LogP contribution in [0.25, 0.3) is 0 Å². The number of hydrogen-bond acceptors (Lipinski definition) is 2. The summed E-state index contributed by atoms with van der Waals surface area (Å²) < 4.78 is 52.7. The molecule has 0 unspecified atom stereocenters. The number of aromatic nitrogens is 1. The van der Waals surface area contributed by atoms with Crippen LogP contribution in [0.3, 0.4) is 0 Å². The SMILES string of the molecule is CC(=O)Nc1cccc(C#Cc2c(F)c(F)nc(F)c2F)c1. The zero-order chi connectivity index (χ0) is 16.3. The lowest BCUT2D eigenvalue weighted by Crippen LogP contribution is -2.05. The number of pyridine rings is 1. The quantitative estimate of drug-likeness (QED) is 0.500. The zero-order valence-electron chi connectivity index (χ0n) is 11.2. The molecule has 1 aromatic carbocycles. The highest BCUT2D eigenvalue weighted by molar-refractivity contribution is 5.88. The largest absolute Gasteiger partial charge is 0.326 e. The second-order valence-corrected chi connectivity index (χ2v) is 4.21. The molecular weight excluding hydrogens is 300 g/mol. The topological polar surface area (TPSA) is 42.0 Å². The Bertz CT molecular complexity index is 783. The van der Waals surface area contributed by atoms with Gasteiger partial charge in [-0.15, -0.1) is 0 Å². The van der Waals surface area contributed by atoms with Crippen LogP contribution in [0.15, 0.2) is 24.3 Å². The maximum Gasteiger partial charge on any atom is 0.253 e. The Labute approximate surface area is 123 Å². The van der Waals surface area contributed by atoms with Crippen LogP contribution in [-0.2, 0) is 4.79 Å². The van der Waals surface area contributed by atoms with Gasteiger partial charge in [-0.25, -0.2) is 8.78 Å². The fraction of sp³-hybridized carbons (Fsp3) is 0.0667. The average Bonchev–Trinajstić information content (AvgIpc) is 2.45. The molecule has 0 saturated carbocycles. The molecule has 0 atom stereocenters. The van der Waals surface area contributed by atoms with Crippen molar-refractivity contribution in [1.82, 2.24) is 4.98 Å². The van der Waals surface area contributed by atoms with E-state index in [1.54, 1.807) is 12.1 Å². The van der Waals surface area contributed by atoms with Crippen LogP contribution in [0, 0.1) is 35.4 Å². The molecule has 22 heavy (non-hydrogen) atoms. The summed E-state index contributed by atoms with van der Waals surface area (Å²) in [7, 11) is 0. The molecule has 2 aromatic rings. The molecule has 1 aromatic heterocycles. The van der Waals surface area contributed by atoms with Crippen molar-refractivity contribution in [2.45, 2.75) is 6.92 Å². The molecule has 0 saturated heterocycles. The summed E-state index contributed by atoms with van der Waals surface area (Å²) in [4.78, 5) is 13.4. The van der Waals surface area contributed by atoms with E-state index in [2.05, 4.69) is 16.2 Å². The fourth-order valence-electron chi connectivity index (χ4n) is 1.61. The Morgan fingerprint density at radius 3 is 2.32 bits per heavy atom. The number of anilines is 1. The smallest absolute Gasteiger partial charge is 0.253 e. The van der Waals surface area contributed by atoms with Crippen LogP contribution < -0.4 is 5.32 Å². The van der Waals surface area contributed by atoms with E-state index >= 15 is 0 Å². The minimum absolute atomic E-state index is 0.294. The van der Waals surface area contributed by atoms with E-state index in [1.807, 2.05) is 5.92 Å². The molecule has 7 heteroatoms. The third kappa shape index (κ3) is 3.41. The van der Waals surface area contributed by atoms with E-state index in [0.29, 0.717) is 11.3 Å². The van der Waals surface area contributed by atoms with Crippen molar-refractivity contribution in [2.24, 2.45) is 0 Å². The van der Waals surface area contributed by atoms with Crippen molar-refractivity contribution in [1.29, 1.82) is 0 Å². The molecular formula is C15H8F4N2O. The first-order chi connectivity index (χ1) is 10.4. The van der Waals surface area contributed by atoms with E-state index in [0.717, 1.165) is 0 Å². The molecule has 0 bridgehead atoms. The van der Waals surface area contributed by atoms with Crippen molar-refractivity contribution in [3.63, 3.8) is 0 Å². The molecule has 0 aliphatic carbocycles. The van der Waals surface area contributed by atoms with Crippen LogP contribution in [0.5, 0.6) is 0 Å². The maximum atomic E-state index is 13.4. The fourth-order valence-corrected chi connectivity index (χ4v) is 1.61. The van der Waals surface area contributed by atoms with E-state index < -0.39 is 29.1 Å². The molecule has 0 aliphatic rings. The van der Waals surface area contributed by atoms with Gasteiger partial charge in [-0.3, -0.25) is 4.79 Å². The molecule has 0 fully saturated rings. The molecule has 1 N–H and O–H groups in total. The van der Waals surface area contributed by atoms with Gasteiger partial charge in [-0.1, -0.05) is 17.9 Å². The Kier molecular flexibility index (Phi) is 4.41. The van der Waals surface area contributed by atoms with Crippen LogP contribution in [-0.4, -0.2) is 10.9 Å². The number of rotatable bonds is 1. The highest BCUT2D eigenvalue weighted by Crippen LogP contribution is 2.16. The molecule has 1 heterocycles. The van der Waals surface area contributed by atoms with Gasteiger partial charge in [0.05, 0.1) is 0 Å². The van der Waals surface area contributed by atoms with Gasteiger partial charge in [0.1, 0.15) is 5.56 Å². The van der Waals surface area contributed by atoms with Crippen LogP contribution in [0.1, 0.15) is 18.1 Å². The number of nitrogens with zero attached hydrogens (tertiary/aromatic N) is 1. The van der Waals surface area contributed by atoms with Crippen LogP contribution in [0.4, 0.5) is 23.2 Å². The molecule has 0 radical (unpaired) electrons. The molecule has 0 aliphatic heterocycles. The van der Waals surface area contributed by atoms with E-state index in [9.17, 15) is 22.4 Å². The predicted octanol–water partition coefficient (Wildman–Crippen LogP) is 3.00. The first kappa shape index (κ1) is 15.5. The molecule has 2 rings (SSSR count). The highest BCUT2D eigenvalue weighted by atomic mass is 19.2. The number of carbonyl (C=O) groups excluding carboxylic acids is 1. The van der Waals surface area contributed by atoms with Gasteiger partial charge in [0.15, 0.2) is 11.6 Å². The highest BCUT2D eigenvalue weighted by Gasteiger charge is 2.19. The molecule has 112 valence electrons. The first-order valence-corrected chi connectivity index (χ1v) is 5.98. The van der Waals surface area contributed by atoms with Crippen molar-refractivity contribution >= 4 is 11.6 Å². The summed E-state index contributed by atoms with van der Waals surface area (Å²) >= 11 is 0. The Balaban J connectivity index is 2.41. The third-order valence-electron chi connectivity index (χ3n) is 2.51. The van der Waals surface area contributed by atoms with Gasteiger partial charge >= 0.3 is 0 Å². The lowest BCUT2D eigenvalue weighted by Gasteiger charge is -2.01. The number of amides is 1. The van der Waals surface area contributed by atoms with Gasteiger partial charge in [-0.05, 0) is 18.2 Å². The zero-order valence-corrected chi connectivity index (χ0v) is 11.2. The van der Waals surface area contributed by atoms with Gasteiger partial charge in [0.25, 0.3) is 11.9 Å². The molecule has 0 spiro atoms. The number of benzene rings is 1. The summed E-state index contributed by atoms with van der Waals surface area (Å²) in [5.74, 6) is -2.77. The minimum atomic E-state index is -1.77. The minimum Gasteiger partial charge on any atom is -0.326 e. The predicted molar refractivity (Wildman–Crippen MR) is 70.8 cm³/mol. The first-order valence-electron chi connectivity index (χ1n) is 5.98. The number of hydrogen-bond donors (Lipinski definition) is 1. The van der Waals surface area contributed by atoms with Gasteiger partial charge in [0, 0.05) is 18.2 Å². The summed E-state index contributed by atoms with van der Waals surface area (Å²) in [6, 6.07) is 6.08. The third-order valence-corrected chi connectivity index (χ3v) is 2.51. The summed E-state index contributed by atoms with van der Waals surface area (Å²) in [5, 5.41) is 2.50. The Hall–Kier alpha value is -2.88. The molecule has 1 amide bonds. The number of carbonyl (C=O) groups is 1. The van der Waals surface area contributed by atoms with Crippen molar-refractivity contribution in [3.8, 4) is 11.8 Å². The van der Waals surface area contributed by atoms with E-state index in [-0.39, 0.29) is 5.91 Å². The lowest BCUT2D eigenvalue weighted by molar-refractivity contribution is -0.114. The Morgan fingerprint density at radius 2 is 1.73 bits per heavy atom. The number of nitrogens with one attached hydrogen (secondary N) is 1. The van der Waals surface area contributed by atoms with Crippen molar-refractivity contribution < 1.29 is 22.4 Å². The number of halogens is 4. The van der Waals surface area contributed by atoms with Crippen molar-refractivity contribution in [3.05, 3.63) is 58.9 Å². The van der Waals surface area contributed by atoms with Crippen LogP contribution in [0.2, 0.25) is 0 Å². The van der Waals surface area contributed by atoms with Crippen molar-refractivity contribution in [2.75, 3.05) is 5.32 Å². The monoisotopic (exact) mass is 308 g/mol. The van der Waals surface area contributed by atoms with Gasteiger partial charge in [0.2, 0.25) is 5.91 Å².